The summed E-state index contributed by atoms with van der Waals surface area (Å²) < 4.78 is 16.8. The molecule has 6 nitrogen and oxygen atoms in total. The molecule has 0 unspecified atom stereocenters. The lowest BCUT2D eigenvalue weighted by molar-refractivity contribution is -0.137. The summed E-state index contributed by atoms with van der Waals surface area (Å²) in [4.78, 5) is 16.2. The summed E-state index contributed by atoms with van der Waals surface area (Å²) in [6, 6.07) is 11.2. The van der Waals surface area contributed by atoms with Crippen molar-refractivity contribution in [3.8, 4) is 5.69 Å². The van der Waals surface area contributed by atoms with Crippen LogP contribution in [0.2, 0.25) is 5.02 Å². The molecule has 0 amide bonds. The molecule has 2 aromatic carbocycles. The van der Waals surface area contributed by atoms with Gasteiger partial charge in [-0.2, -0.15) is 0 Å². The number of carboxylic acids is 1. The maximum atomic E-state index is 14.8. The number of benzene rings is 2. The predicted octanol–water partition coefficient (Wildman–Crippen LogP) is 5.32. The number of aromatic nitrogens is 3. The first kappa shape index (κ1) is 21.2. The van der Waals surface area contributed by atoms with Crippen molar-refractivity contribution in [2.45, 2.75) is 36.9 Å². The maximum absolute atomic E-state index is 14.8. The summed E-state index contributed by atoms with van der Waals surface area (Å²) in [5.41, 5.74) is 2.18. The predicted molar refractivity (Wildman–Crippen MR) is 121 cm³/mol. The molecule has 5 rings (SSSR count). The van der Waals surface area contributed by atoms with Crippen LogP contribution in [-0.2, 0) is 4.79 Å². The van der Waals surface area contributed by atoms with Crippen LogP contribution in [-0.4, -0.2) is 37.3 Å². The van der Waals surface area contributed by atoms with E-state index in [0.29, 0.717) is 33.6 Å². The minimum atomic E-state index is -0.924. The molecule has 0 saturated heterocycles. The van der Waals surface area contributed by atoms with Crippen LogP contribution in [0.25, 0.3) is 5.69 Å². The molecule has 1 aliphatic carbocycles. The van der Waals surface area contributed by atoms with Crippen LogP contribution in [0.5, 0.6) is 0 Å². The Balaban J connectivity index is 1.70. The quantitative estimate of drug-likeness (QED) is 0.473. The van der Waals surface area contributed by atoms with Crippen LogP contribution >= 0.6 is 23.4 Å². The SMILES string of the molecule is O=C(O)CC[C@@H]1N=C(c2ccccc2F)c2cc(Cl)ccc2-n2c(SCC3CC3)nnc21. The van der Waals surface area contributed by atoms with Gasteiger partial charge in [0.25, 0.3) is 0 Å². The average molecular weight is 471 g/mol. The molecule has 1 atom stereocenters. The molecule has 32 heavy (non-hydrogen) atoms. The van der Waals surface area contributed by atoms with Crippen LogP contribution < -0.4 is 0 Å². The largest absolute Gasteiger partial charge is 0.481 e. The third-order valence-electron chi connectivity index (χ3n) is 5.60. The van der Waals surface area contributed by atoms with E-state index >= 15 is 0 Å². The summed E-state index contributed by atoms with van der Waals surface area (Å²) in [5.74, 6) is 0.861. The molecule has 9 heteroatoms. The van der Waals surface area contributed by atoms with Crippen molar-refractivity contribution in [3.63, 3.8) is 0 Å². The number of rotatable bonds is 7. The van der Waals surface area contributed by atoms with Crippen LogP contribution in [0.15, 0.2) is 52.6 Å². The van der Waals surface area contributed by atoms with Gasteiger partial charge in [0.15, 0.2) is 11.0 Å². The Bertz CT molecular complexity index is 1220. The molecule has 164 valence electrons. The molecule has 2 heterocycles. The fourth-order valence-corrected chi connectivity index (χ4v) is 5.10. The van der Waals surface area contributed by atoms with E-state index in [9.17, 15) is 14.3 Å². The number of nitrogens with zero attached hydrogens (tertiary/aromatic N) is 4. The van der Waals surface area contributed by atoms with Gasteiger partial charge in [0.05, 0.1) is 11.4 Å². The van der Waals surface area contributed by atoms with Crippen molar-refractivity contribution in [1.29, 1.82) is 0 Å². The Morgan fingerprint density at radius 3 is 2.75 bits per heavy atom. The van der Waals surface area contributed by atoms with Gasteiger partial charge >= 0.3 is 5.97 Å². The minimum absolute atomic E-state index is 0.0900. The number of fused-ring (bicyclic) bond motifs is 3. The highest BCUT2D eigenvalue weighted by Crippen LogP contribution is 2.39. The maximum Gasteiger partial charge on any atom is 0.303 e. The highest BCUT2D eigenvalue weighted by Gasteiger charge is 2.31. The van der Waals surface area contributed by atoms with Gasteiger partial charge in [0.1, 0.15) is 11.9 Å². The topological polar surface area (TPSA) is 80.4 Å². The summed E-state index contributed by atoms with van der Waals surface area (Å²) in [5, 5.41) is 19.3. The van der Waals surface area contributed by atoms with Crippen LogP contribution in [0, 0.1) is 11.7 Å². The van der Waals surface area contributed by atoms with E-state index in [1.807, 2.05) is 10.6 Å². The van der Waals surface area contributed by atoms with E-state index < -0.39 is 17.8 Å². The highest BCUT2D eigenvalue weighted by molar-refractivity contribution is 7.99. The molecule has 1 fully saturated rings. The Morgan fingerprint density at radius 1 is 1.19 bits per heavy atom. The number of hydrogen-bond acceptors (Lipinski definition) is 5. The van der Waals surface area contributed by atoms with Crippen molar-refractivity contribution in [1.82, 2.24) is 14.8 Å². The Hall–Kier alpha value is -2.71. The standard InChI is InChI=1S/C23H20ClFN4O2S/c24-14-7-9-19-16(11-14)21(15-3-1-2-4-17(15)25)26-18(8-10-20(30)31)22-27-28-23(29(19)22)32-12-13-5-6-13/h1-4,7,9,11,13,18H,5-6,8,10,12H2,(H,30,31)/t18-/m0/s1. The van der Waals surface area contributed by atoms with Gasteiger partial charge in [-0.1, -0.05) is 35.5 Å². The average Bonchev–Trinajstić information content (AvgIpc) is 3.53. The van der Waals surface area contributed by atoms with Gasteiger partial charge in [-0.3, -0.25) is 14.4 Å². The van der Waals surface area contributed by atoms with Gasteiger partial charge in [-0.15, -0.1) is 10.2 Å². The number of carbonyl (C=O) groups is 1. The number of aliphatic carboxylic acids is 1. The smallest absolute Gasteiger partial charge is 0.303 e. The van der Waals surface area contributed by atoms with Gasteiger partial charge in [0, 0.05) is 28.3 Å². The lowest BCUT2D eigenvalue weighted by atomic mass is 10.00. The molecule has 0 bridgehead atoms. The Morgan fingerprint density at radius 2 is 2.00 bits per heavy atom. The summed E-state index contributed by atoms with van der Waals surface area (Å²) in [7, 11) is 0. The van der Waals surface area contributed by atoms with Crippen molar-refractivity contribution in [3.05, 3.63) is 70.3 Å². The van der Waals surface area contributed by atoms with Crippen molar-refractivity contribution >= 4 is 35.0 Å². The first-order valence-electron chi connectivity index (χ1n) is 10.4. The number of thioether (sulfide) groups is 1. The van der Waals surface area contributed by atoms with E-state index in [0.717, 1.165) is 16.6 Å². The fraction of sp³-hybridized carbons (Fsp3) is 0.304. The normalized spacial score (nSPS) is 17.3. The van der Waals surface area contributed by atoms with Crippen molar-refractivity contribution in [2.24, 2.45) is 10.9 Å². The Kier molecular flexibility index (Phi) is 5.73. The third-order valence-corrected chi connectivity index (χ3v) is 7.00. The first-order valence-corrected chi connectivity index (χ1v) is 11.8. The van der Waals surface area contributed by atoms with Gasteiger partial charge in [-0.05, 0) is 55.5 Å². The second kappa shape index (κ2) is 8.67. The molecule has 0 spiro atoms. The van der Waals surface area contributed by atoms with Gasteiger partial charge < -0.3 is 5.11 Å². The highest BCUT2D eigenvalue weighted by atomic mass is 35.5. The molecule has 2 aliphatic rings. The molecule has 3 aromatic rings. The molecule has 1 aromatic heterocycles. The van der Waals surface area contributed by atoms with Crippen molar-refractivity contribution < 1.29 is 14.3 Å². The van der Waals surface area contributed by atoms with E-state index in [-0.39, 0.29) is 12.8 Å². The zero-order valence-corrected chi connectivity index (χ0v) is 18.6. The zero-order valence-electron chi connectivity index (χ0n) is 17.0. The minimum Gasteiger partial charge on any atom is -0.481 e. The fourth-order valence-electron chi connectivity index (χ4n) is 3.79. The molecule has 1 N–H and O–H groups in total. The molecule has 0 radical (unpaired) electrons. The summed E-state index contributed by atoms with van der Waals surface area (Å²) in [6.45, 7) is 0. The number of carboxylic acid groups (broad SMARTS) is 1. The van der Waals surface area contributed by atoms with Crippen LogP contribution in [0.4, 0.5) is 4.39 Å². The van der Waals surface area contributed by atoms with Crippen LogP contribution in [0.3, 0.4) is 0 Å². The Labute approximate surface area is 193 Å². The second-order valence-corrected chi connectivity index (χ2v) is 9.42. The molecule has 1 saturated carbocycles. The zero-order chi connectivity index (χ0) is 22.2. The van der Waals surface area contributed by atoms with E-state index in [4.69, 9.17) is 16.6 Å². The van der Waals surface area contributed by atoms with Crippen molar-refractivity contribution in [2.75, 3.05) is 5.75 Å². The third kappa shape index (κ3) is 4.17. The van der Waals surface area contributed by atoms with Gasteiger partial charge in [0.2, 0.25) is 0 Å². The number of aliphatic imine (C=N–C) groups is 1. The molecule has 1 aliphatic heterocycles. The number of hydrogen-bond donors (Lipinski definition) is 1. The summed E-state index contributed by atoms with van der Waals surface area (Å²) >= 11 is 7.97. The second-order valence-electron chi connectivity index (χ2n) is 8.00. The number of halogens is 2. The van der Waals surface area contributed by atoms with Gasteiger partial charge in [-0.25, -0.2) is 4.39 Å². The van der Waals surface area contributed by atoms with E-state index in [1.54, 1.807) is 42.1 Å². The summed E-state index contributed by atoms with van der Waals surface area (Å²) in [6.07, 6.45) is 2.58. The molecular formula is C23H20ClFN4O2S. The lowest BCUT2D eigenvalue weighted by Crippen LogP contribution is -2.10. The van der Waals surface area contributed by atoms with E-state index in [2.05, 4.69) is 10.2 Å². The first-order chi connectivity index (χ1) is 15.5. The lowest BCUT2D eigenvalue weighted by Gasteiger charge is -2.14. The molecular weight excluding hydrogens is 451 g/mol. The van der Waals surface area contributed by atoms with Crippen LogP contribution in [0.1, 0.15) is 48.7 Å². The monoisotopic (exact) mass is 470 g/mol. The van der Waals surface area contributed by atoms with E-state index in [1.165, 1.54) is 18.9 Å².